The van der Waals surface area contributed by atoms with Crippen LogP contribution in [0.15, 0.2) is 54.6 Å². The number of carbonyl (C=O) groups is 1. The first-order valence-electron chi connectivity index (χ1n) is 8.01. The van der Waals surface area contributed by atoms with Crippen LogP contribution in [0.3, 0.4) is 0 Å². The van der Waals surface area contributed by atoms with Crippen molar-refractivity contribution >= 4 is 23.2 Å². The molecular formula is C19H17ClN4O. The van der Waals surface area contributed by atoms with Crippen molar-refractivity contribution in [1.82, 2.24) is 14.7 Å². The van der Waals surface area contributed by atoms with Gasteiger partial charge in [-0.1, -0.05) is 41.9 Å². The predicted octanol–water partition coefficient (Wildman–Crippen LogP) is 4.03. The molecule has 1 aliphatic heterocycles. The van der Waals surface area contributed by atoms with Crippen LogP contribution in [0.5, 0.6) is 0 Å². The van der Waals surface area contributed by atoms with Crippen molar-refractivity contribution in [1.29, 1.82) is 0 Å². The number of aryl methyl sites for hydroxylation is 1. The van der Waals surface area contributed by atoms with E-state index < -0.39 is 0 Å². The molecule has 25 heavy (non-hydrogen) atoms. The molecule has 0 aliphatic carbocycles. The molecule has 2 heterocycles. The lowest BCUT2D eigenvalue weighted by Crippen LogP contribution is -2.40. The number of fused-ring (bicyclic) bond motifs is 1. The van der Waals surface area contributed by atoms with Crippen LogP contribution in [0.4, 0.5) is 5.69 Å². The Hall–Kier alpha value is -2.79. The van der Waals surface area contributed by atoms with Crippen molar-refractivity contribution in [3.63, 3.8) is 0 Å². The van der Waals surface area contributed by atoms with E-state index in [0.717, 1.165) is 22.6 Å². The zero-order valence-electron chi connectivity index (χ0n) is 13.9. The number of halogens is 1. The zero-order chi connectivity index (χ0) is 17.6. The first-order valence-corrected chi connectivity index (χ1v) is 8.39. The summed E-state index contributed by atoms with van der Waals surface area (Å²) in [5.41, 5.74) is 3.93. The summed E-state index contributed by atoms with van der Waals surface area (Å²) >= 11 is 6.66. The van der Waals surface area contributed by atoms with Crippen LogP contribution in [0.25, 0.3) is 5.69 Å². The molecule has 1 N–H and O–H groups in total. The number of benzene rings is 2. The molecular weight excluding hydrogens is 336 g/mol. The van der Waals surface area contributed by atoms with Gasteiger partial charge in [0.05, 0.1) is 22.5 Å². The Labute approximate surface area is 150 Å². The van der Waals surface area contributed by atoms with Gasteiger partial charge in [-0.3, -0.25) is 4.79 Å². The van der Waals surface area contributed by atoms with Gasteiger partial charge in [0.2, 0.25) is 0 Å². The van der Waals surface area contributed by atoms with Crippen molar-refractivity contribution in [3.05, 3.63) is 76.6 Å². The zero-order valence-corrected chi connectivity index (χ0v) is 14.7. The fourth-order valence-electron chi connectivity index (χ4n) is 3.17. The third-order valence-corrected chi connectivity index (χ3v) is 4.84. The minimum atomic E-state index is -0.368. The van der Waals surface area contributed by atoms with Crippen LogP contribution in [-0.2, 0) is 0 Å². The Morgan fingerprint density at radius 1 is 1.08 bits per heavy atom. The molecule has 126 valence electrons. The summed E-state index contributed by atoms with van der Waals surface area (Å²) in [5.74, 6) is -0.0396. The van der Waals surface area contributed by atoms with E-state index in [1.54, 1.807) is 16.6 Å². The highest BCUT2D eigenvalue weighted by atomic mass is 35.5. The number of hydrogen-bond donors (Lipinski definition) is 1. The van der Waals surface area contributed by atoms with Gasteiger partial charge in [0.1, 0.15) is 11.3 Å². The number of nitrogens with zero attached hydrogens (tertiary/aromatic N) is 3. The number of carbonyl (C=O) groups excluding carboxylic acids is 1. The average Bonchev–Trinajstić information content (AvgIpc) is 2.93. The molecule has 0 bridgehead atoms. The maximum atomic E-state index is 12.7. The first-order chi connectivity index (χ1) is 12.1. The summed E-state index contributed by atoms with van der Waals surface area (Å²) in [5, 5.41) is 8.49. The number of hydrogen-bond acceptors (Lipinski definition) is 3. The van der Waals surface area contributed by atoms with Crippen LogP contribution in [-0.4, -0.2) is 27.6 Å². The van der Waals surface area contributed by atoms with Gasteiger partial charge in [-0.2, -0.15) is 5.10 Å². The van der Waals surface area contributed by atoms with Crippen LogP contribution in [0, 0.1) is 6.92 Å². The van der Waals surface area contributed by atoms with E-state index in [9.17, 15) is 4.79 Å². The normalized spacial score (nSPS) is 16.5. The highest BCUT2D eigenvalue weighted by Gasteiger charge is 2.34. The fourth-order valence-corrected chi connectivity index (χ4v) is 3.55. The van der Waals surface area contributed by atoms with Gasteiger partial charge >= 0.3 is 0 Å². The number of anilines is 1. The fraction of sp³-hybridized carbons (Fsp3) is 0.158. The van der Waals surface area contributed by atoms with Crippen molar-refractivity contribution in [3.8, 4) is 5.69 Å². The third-order valence-electron chi connectivity index (χ3n) is 4.48. The second-order valence-electron chi connectivity index (χ2n) is 6.05. The Morgan fingerprint density at radius 3 is 2.52 bits per heavy atom. The molecule has 5 nitrogen and oxygen atoms in total. The second-order valence-corrected chi connectivity index (χ2v) is 6.40. The van der Waals surface area contributed by atoms with E-state index in [4.69, 9.17) is 11.6 Å². The lowest BCUT2D eigenvalue weighted by molar-refractivity contribution is 0.0735. The standard InChI is InChI=1S/C19H17ClN4O/c1-12-16(17(20)24(22-12)13-8-4-3-5-9-13)18-21-15-11-7-6-10-14(15)19(25)23(18)2/h3-11,18,21H,1-2H3. The maximum absolute atomic E-state index is 12.7. The summed E-state index contributed by atoms with van der Waals surface area (Å²) in [4.78, 5) is 14.4. The van der Waals surface area contributed by atoms with Crippen molar-refractivity contribution in [2.75, 3.05) is 12.4 Å². The highest BCUT2D eigenvalue weighted by molar-refractivity contribution is 6.30. The first kappa shape index (κ1) is 15.7. The average molecular weight is 353 g/mol. The molecule has 0 saturated heterocycles. The van der Waals surface area contributed by atoms with Crippen LogP contribution >= 0.6 is 11.6 Å². The summed E-state index contributed by atoms with van der Waals surface area (Å²) in [6.45, 7) is 1.90. The van der Waals surface area contributed by atoms with Gasteiger partial charge in [0.15, 0.2) is 0 Å². The Balaban J connectivity index is 1.81. The summed E-state index contributed by atoms with van der Waals surface area (Å²) in [7, 11) is 1.77. The summed E-state index contributed by atoms with van der Waals surface area (Å²) in [6.07, 6.45) is -0.368. The lowest BCUT2D eigenvalue weighted by Gasteiger charge is -2.35. The van der Waals surface area contributed by atoms with Gasteiger partial charge in [-0.05, 0) is 31.2 Å². The molecule has 2 aromatic carbocycles. The molecule has 1 amide bonds. The molecule has 1 aromatic heterocycles. The second kappa shape index (κ2) is 5.93. The van der Waals surface area contributed by atoms with Gasteiger partial charge in [-0.25, -0.2) is 4.68 Å². The van der Waals surface area contributed by atoms with E-state index >= 15 is 0 Å². The quantitative estimate of drug-likeness (QED) is 0.757. The molecule has 1 aliphatic rings. The number of aromatic nitrogens is 2. The summed E-state index contributed by atoms with van der Waals surface area (Å²) in [6, 6.07) is 17.2. The van der Waals surface area contributed by atoms with Crippen molar-refractivity contribution in [2.24, 2.45) is 0 Å². The molecule has 6 heteroatoms. The maximum Gasteiger partial charge on any atom is 0.257 e. The molecule has 4 rings (SSSR count). The van der Waals surface area contributed by atoms with Crippen molar-refractivity contribution in [2.45, 2.75) is 13.1 Å². The van der Waals surface area contributed by atoms with Gasteiger partial charge in [0.25, 0.3) is 5.91 Å². The number of para-hydroxylation sites is 2. The Bertz CT molecular complexity index is 951. The third kappa shape index (κ3) is 2.48. The van der Waals surface area contributed by atoms with E-state index in [0.29, 0.717) is 10.7 Å². The monoisotopic (exact) mass is 352 g/mol. The van der Waals surface area contributed by atoms with Gasteiger partial charge < -0.3 is 10.2 Å². The Morgan fingerprint density at radius 2 is 1.76 bits per heavy atom. The molecule has 0 fully saturated rings. The molecule has 1 unspecified atom stereocenters. The van der Waals surface area contributed by atoms with E-state index in [1.807, 2.05) is 61.5 Å². The predicted molar refractivity (Wildman–Crippen MR) is 98.2 cm³/mol. The molecule has 0 spiro atoms. The molecule has 1 atom stereocenters. The van der Waals surface area contributed by atoms with Crippen molar-refractivity contribution < 1.29 is 4.79 Å². The largest absolute Gasteiger partial charge is 0.361 e. The van der Waals surface area contributed by atoms with Crippen LogP contribution in [0.1, 0.15) is 27.8 Å². The SMILES string of the molecule is Cc1nn(-c2ccccc2)c(Cl)c1C1Nc2ccccc2C(=O)N1C. The van der Waals surface area contributed by atoms with Gasteiger partial charge in [-0.15, -0.1) is 0 Å². The minimum absolute atomic E-state index is 0.0396. The summed E-state index contributed by atoms with van der Waals surface area (Å²) < 4.78 is 1.70. The molecule has 3 aromatic rings. The smallest absolute Gasteiger partial charge is 0.257 e. The van der Waals surface area contributed by atoms with E-state index in [-0.39, 0.29) is 12.1 Å². The van der Waals surface area contributed by atoms with Gasteiger partial charge in [0, 0.05) is 12.7 Å². The van der Waals surface area contributed by atoms with E-state index in [1.165, 1.54) is 0 Å². The van der Waals surface area contributed by atoms with Crippen LogP contribution in [0.2, 0.25) is 5.15 Å². The topological polar surface area (TPSA) is 50.2 Å². The number of nitrogens with one attached hydrogen (secondary N) is 1. The molecule has 0 radical (unpaired) electrons. The van der Waals surface area contributed by atoms with Crippen LogP contribution < -0.4 is 5.32 Å². The number of amides is 1. The molecule has 0 saturated carbocycles. The Kier molecular flexibility index (Phi) is 3.73. The lowest BCUT2D eigenvalue weighted by atomic mass is 10.0. The highest BCUT2D eigenvalue weighted by Crippen LogP contribution is 2.37. The number of rotatable bonds is 2. The minimum Gasteiger partial charge on any atom is -0.361 e. The van der Waals surface area contributed by atoms with E-state index in [2.05, 4.69) is 10.4 Å².